The van der Waals surface area contributed by atoms with E-state index in [1.54, 1.807) is 0 Å². The highest BCUT2D eigenvalue weighted by molar-refractivity contribution is 4.78. The summed E-state index contributed by atoms with van der Waals surface area (Å²) in [5.41, 5.74) is 5.45. The summed E-state index contributed by atoms with van der Waals surface area (Å²) in [5, 5.41) is 0. The summed E-state index contributed by atoms with van der Waals surface area (Å²) in [6.07, 6.45) is 0.0398. The molecule has 0 saturated carbocycles. The van der Waals surface area contributed by atoms with Gasteiger partial charge in [0.2, 0.25) is 0 Å². The Hall–Kier alpha value is -0.330. The van der Waals surface area contributed by atoms with Gasteiger partial charge in [-0.05, 0) is 38.8 Å². The van der Waals surface area contributed by atoms with Crippen LogP contribution in [0.3, 0.4) is 0 Å². The van der Waals surface area contributed by atoms with Gasteiger partial charge in [0.05, 0.1) is 6.61 Å². The molecule has 3 nitrogen and oxygen atoms in total. The normalized spacial score (nSPS) is 22.2. The van der Waals surface area contributed by atoms with Crippen molar-refractivity contribution in [3.63, 3.8) is 0 Å². The Kier molecular flexibility index (Phi) is 6.22. The van der Waals surface area contributed by atoms with Crippen LogP contribution in [0.25, 0.3) is 0 Å². The summed E-state index contributed by atoms with van der Waals surface area (Å²) < 4.78 is 40.2. The molecule has 0 bridgehead atoms. The third kappa shape index (κ3) is 6.24. The van der Waals surface area contributed by atoms with Crippen LogP contribution in [-0.4, -0.2) is 50.0 Å². The van der Waals surface area contributed by atoms with Gasteiger partial charge in [-0.2, -0.15) is 13.2 Å². The minimum atomic E-state index is -4.22. The summed E-state index contributed by atoms with van der Waals surface area (Å²) in [4.78, 5) is 2.21. The zero-order valence-electron chi connectivity index (χ0n) is 10.0. The van der Waals surface area contributed by atoms with Crippen LogP contribution in [0.4, 0.5) is 13.2 Å². The number of halogens is 3. The Morgan fingerprint density at radius 1 is 1.35 bits per heavy atom. The van der Waals surface area contributed by atoms with Crippen molar-refractivity contribution in [2.75, 3.05) is 32.8 Å². The molecule has 6 heteroatoms. The van der Waals surface area contributed by atoms with Crippen molar-refractivity contribution in [1.82, 2.24) is 4.90 Å². The van der Waals surface area contributed by atoms with Gasteiger partial charge in [0.1, 0.15) is 6.61 Å². The van der Waals surface area contributed by atoms with Crippen molar-refractivity contribution < 1.29 is 17.9 Å². The van der Waals surface area contributed by atoms with E-state index in [9.17, 15) is 13.2 Å². The fraction of sp³-hybridized carbons (Fsp3) is 1.00. The minimum Gasteiger partial charge on any atom is -0.371 e. The van der Waals surface area contributed by atoms with Crippen LogP contribution in [0.15, 0.2) is 0 Å². The molecule has 17 heavy (non-hydrogen) atoms. The van der Waals surface area contributed by atoms with E-state index in [1.165, 1.54) is 0 Å². The second-order valence-electron chi connectivity index (χ2n) is 4.43. The minimum absolute atomic E-state index is 0.151. The monoisotopic (exact) mass is 254 g/mol. The second-order valence-corrected chi connectivity index (χ2v) is 4.43. The van der Waals surface area contributed by atoms with E-state index in [2.05, 4.69) is 9.64 Å². The Morgan fingerprint density at radius 2 is 2.12 bits per heavy atom. The van der Waals surface area contributed by atoms with Crippen molar-refractivity contribution in [3.8, 4) is 0 Å². The van der Waals surface area contributed by atoms with Crippen LogP contribution < -0.4 is 5.73 Å². The van der Waals surface area contributed by atoms with Gasteiger partial charge < -0.3 is 10.5 Å². The molecule has 1 fully saturated rings. The van der Waals surface area contributed by atoms with E-state index in [1.807, 2.05) is 0 Å². The first-order valence-electron chi connectivity index (χ1n) is 6.11. The van der Waals surface area contributed by atoms with Crippen molar-refractivity contribution in [1.29, 1.82) is 0 Å². The molecule has 0 aromatic rings. The number of nitrogens with two attached hydrogens (primary N) is 1. The molecule has 0 amide bonds. The van der Waals surface area contributed by atoms with Gasteiger partial charge >= 0.3 is 6.18 Å². The van der Waals surface area contributed by atoms with E-state index in [0.717, 1.165) is 32.2 Å². The molecule has 1 saturated heterocycles. The lowest BCUT2D eigenvalue weighted by atomic mass is 10.1. The van der Waals surface area contributed by atoms with Gasteiger partial charge in [0.15, 0.2) is 0 Å². The largest absolute Gasteiger partial charge is 0.411 e. The lowest BCUT2D eigenvalue weighted by Crippen LogP contribution is -2.33. The van der Waals surface area contributed by atoms with Gasteiger partial charge in [-0.15, -0.1) is 0 Å². The molecule has 1 rings (SSSR count). The predicted octanol–water partition coefficient (Wildman–Crippen LogP) is 1.77. The van der Waals surface area contributed by atoms with Gasteiger partial charge in [0, 0.05) is 12.6 Å². The summed E-state index contributed by atoms with van der Waals surface area (Å²) >= 11 is 0. The second kappa shape index (κ2) is 7.18. The quantitative estimate of drug-likeness (QED) is 0.704. The fourth-order valence-corrected chi connectivity index (χ4v) is 2.24. The molecule has 1 aliphatic heterocycles. The molecule has 1 atom stereocenters. The molecule has 0 aromatic carbocycles. The van der Waals surface area contributed by atoms with E-state index in [-0.39, 0.29) is 6.61 Å². The molecule has 0 spiro atoms. The van der Waals surface area contributed by atoms with Crippen LogP contribution in [0, 0.1) is 0 Å². The van der Waals surface area contributed by atoms with Crippen LogP contribution in [0.5, 0.6) is 0 Å². The van der Waals surface area contributed by atoms with E-state index < -0.39 is 12.8 Å². The number of nitrogens with zero attached hydrogens (tertiary/aromatic N) is 1. The van der Waals surface area contributed by atoms with Crippen LogP contribution >= 0.6 is 0 Å². The van der Waals surface area contributed by atoms with Crippen LogP contribution in [0.1, 0.15) is 25.7 Å². The highest BCUT2D eigenvalue weighted by Gasteiger charge is 2.28. The first kappa shape index (κ1) is 14.7. The van der Waals surface area contributed by atoms with Gasteiger partial charge in [-0.3, -0.25) is 4.90 Å². The zero-order valence-corrected chi connectivity index (χ0v) is 10.0. The van der Waals surface area contributed by atoms with Crippen LogP contribution in [-0.2, 0) is 4.74 Å². The molecular formula is C11H21F3N2O. The maximum Gasteiger partial charge on any atom is 0.411 e. The number of ether oxygens (including phenoxy) is 1. The Balaban J connectivity index is 2.13. The Labute approximate surface area is 100 Å². The summed E-state index contributed by atoms with van der Waals surface area (Å²) in [6.45, 7) is 1.23. The SMILES string of the molecule is NCCCC1CCCN1CCOCC(F)(F)F. The van der Waals surface area contributed by atoms with Crippen molar-refractivity contribution in [2.45, 2.75) is 37.9 Å². The molecule has 0 radical (unpaired) electrons. The smallest absolute Gasteiger partial charge is 0.371 e. The molecule has 1 heterocycles. The lowest BCUT2D eigenvalue weighted by molar-refractivity contribution is -0.174. The number of hydrogen-bond acceptors (Lipinski definition) is 3. The molecular weight excluding hydrogens is 233 g/mol. The average Bonchev–Trinajstić information content (AvgIpc) is 2.67. The number of rotatable bonds is 7. The topological polar surface area (TPSA) is 38.5 Å². The van der Waals surface area contributed by atoms with Crippen molar-refractivity contribution >= 4 is 0 Å². The molecule has 2 N–H and O–H groups in total. The lowest BCUT2D eigenvalue weighted by Gasteiger charge is -2.24. The predicted molar refractivity (Wildman–Crippen MR) is 59.8 cm³/mol. The Bertz CT molecular complexity index is 211. The third-order valence-electron chi connectivity index (χ3n) is 3.03. The zero-order chi connectivity index (χ0) is 12.7. The molecule has 1 unspecified atom stereocenters. The first-order valence-corrected chi connectivity index (χ1v) is 6.11. The average molecular weight is 254 g/mol. The molecule has 1 aliphatic rings. The first-order chi connectivity index (χ1) is 8.03. The van der Waals surface area contributed by atoms with Gasteiger partial charge in [-0.1, -0.05) is 0 Å². The highest BCUT2D eigenvalue weighted by Crippen LogP contribution is 2.21. The standard InChI is InChI=1S/C11H21F3N2O/c12-11(13,14)9-17-8-7-16-6-2-4-10(16)3-1-5-15/h10H,1-9,15H2. The summed E-state index contributed by atoms with van der Waals surface area (Å²) in [5.74, 6) is 0. The number of alkyl halides is 3. The number of likely N-dealkylation sites (tertiary alicyclic amines) is 1. The number of hydrogen-bond donors (Lipinski definition) is 1. The fourth-order valence-electron chi connectivity index (χ4n) is 2.24. The van der Waals surface area contributed by atoms with Crippen molar-refractivity contribution in [3.05, 3.63) is 0 Å². The van der Waals surface area contributed by atoms with E-state index in [4.69, 9.17) is 5.73 Å². The van der Waals surface area contributed by atoms with Gasteiger partial charge in [-0.25, -0.2) is 0 Å². The Morgan fingerprint density at radius 3 is 2.76 bits per heavy atom. The highest BCUT2D eigenvalue weighted by atomic mass is 19.4. The summed E-state index contributed by atoms with van der Waals surface area (Å²) in [7, 11) is 0. The summed E-state index contributed by atoms with van der Waals surface area (Å²) in [6, 6.07) is 0.480. The van der Waals surface area contributed by atoms with Gasteiger partial charge in [0.25, 0.3) is 0 Å². The maximum atomic E-state index is 11.8. The molecule has 102 valence electrons. The van der Waals surface area contributed by atoms with E-state index in [0.29, 0.717) is 19.1 Å². The van der Waals surface area contributed by atoms with E-state index >= 15 is 0 Å². The maximum absolute atomic E-state index is 11.8. The van der Waals surface area contributed by atoms with Crippen LogP contribution in [0.2, 0.25) is 0 Å². The molecule has 0 aromatic heterocycles. The van der Waals surface area contributed by atoms with Crippen molar-refractivity contribution in [2.24, 2.45) is 5.73 Å². The third-order valence-corrected chi connectivity index (χ3v) is 3.03. The molecule has 0 aliphatic carbocycles.